The Morgan fingerprint density at radius 1 is 0.786 bits per heavy atom. The Hall–Kier alpha value is -0.0800. The van der Waals surface area contributed by atoms with E-state index < -0.39 is 0 Å². The zero-order valence-corrected chi connectivity index (χ0v) is 9.71. The van der Waals surface area contributed by atoms with Crippen LogP contribution >= 0.6 is 0 Å². The molecule has 0 rings (SSSR count). The number of unbranched alkanes of at least 4 members (excludes halogenated alkanes) is 3. The first kappa shape index (κ1) is 13.9. The number of hydrogen-bond acceptors (Lipinski definition) is 2. The van der Waals surface area contributed by atoms with Gasteiger partial charge in [0, 0.05) is 0 Å². The molecule has 0 aliphatic heterocycles. The average Bonchev–Trinajstić information content (AvgIpc) is 2.13. The zero-order chi connectivity index (χ0) is 10.8. The van der Waals surface area contributed by atoms with Gasteiger partial charge in [0.25, 0.3) is 0 Å². The highest BCUT2D eigenvalue weighted by atomic mass is 16.3. The van der Waals surface area contributed by atoms with Crippen molar-refractivity contribution in [3.63, 3.8) is 0 Å². The minimum atomic E-state index is -0.304. The molecule has 0 amide bonds. The van der Waals surface area contributed by atoms with Gasteiger partial charge in [-0.15, -0.1) is 0 Å². The van der Waals surface area contributed by atoms with Crippen LogP contribution in [0.5, 0.6) is 0 Å². The molecule has 0 aromatic heterocycles. The fraction of sp³-hybridized carbons (Fsp3) is 1.00. The highest BCUT2D eigenvalue weighted by molar-refractivity contribution is 4.63. The van der Waals surface area contributed by atoms with E-state index in [0.29, 0.717) is 6.42 Å². The van der Waals surface area contributed by atoms with Crippen LogP contribution in [0.1, 0.15) is 65.2 Å². The van der Waals surface area contributed by atoms with Crippen LogP contribution in [-0.2, 0) is 0 Å². The molecule has 0 spiro atoms. The quantitative estimate of drug-likeness (QED) is 0.564. The van der Waals surface area contributed by atoms with Crippen molar-refractivity contribution in [2.45, 2.75) is 77.4 Å². The van der Waals surface area contributed by atoms with Gasteiger partial charge in [0.05, 0.1) is 12.2 Å². The first-order chi connectivity index (χ1) is 6.70. The summed E-state index contributed by atoms with van der Waals surface area (Å²) in [6.45, 7) is 4.23. The largest absolute Gasteiger partial charge is 0.393 e. The average molecular weight is 202 g/mol. The smallest absolute Gasteiger partial charge is 0.0564 e. The third-order valence-corrected chi connectivity index (χ3v) is 2.56. The predicted octanol–water partition coefficient (Wildman–Crippen LogP) is 2.87. The van der Waals surface area contributed by atoms with E-state index in [-0.39, 0.29) is 12.2 Å². The lowest BCUT2D eigenvalue weighted by Gasteiger charge is -2.14. The Labute approximate surface area is 88.3 Å². The van der Waals surface area contributed by atoms with Crippen LogP contribution in [0.3, 0.4) is 0 Å². The summed E-state index contributed by atoms with van der Waals surface area (Å²) in [5.74, 6) is 0. The third-order valence-electron chi connectivity index (χ3n) is 2.56. The van der Waals surface area contributed by atoms with Crippen LogP contribution in [0, 0.1) is 0 Å². The maximum Gasteiger partial charge on any atom is 0.0564 e. The van der Waals surface area contributed by atoms with E-state index in [1.54, 1.807) is 0 Å². The summed E-state index contributed by atoms with van der Waals surface area (Å²) in [6, 6.07) is 0. The minimum Gasteiger partial charge on any atom is -0.393 e. The molecule has 0 aliphatic rings. The summed E-state index contributed by atoms with van der Waals surface area (Å²) < 4.78 is 0. The van der Waals surface area contributed by atoms with Gasteiger partial charge >= 0.3 is 0 Å². The lowest BCUT2D eigenvalue weighted by molar-refractivity contribution is 0.0692. The van der Waals surface area contributed by atoms with E-state index in [1.165, 1.54) is 19.3 Å². The molecule has 0 radical (unpaired) electrons. The Morgan fingerprint density at radius 2 is 1.43 bits per heavy atom. The van der Waals surface area contributed by atoms with Crippen molar-refractivity contribution in [2.24, 2.45) is 0 Å². The first-order valence-corrected chi connectivity index (χ1v) is 6.06. The number of aliphatic hydroxyl groups excluding tert-OH is 2. The molecule has 0 aromatic rings. The third kappa shape index (κ3) is 8.52. The summed E-state index contributed by atoms with van der Waals surface area (Å²) in [4.78, 5) is 0. The van der Waals surface area contributed by atoms with E-state index in [1.807, 2.05) is 0 Å². The van der Waals surface area contributed by atoms with Crippen LogP contribution in [0.25, 0.3) is 0 Å². The molecule has 86 valence electrons. The van der Waals surface area contributed by atoms with Crippen LogP contribution in [0.2, 0.25) is 0 Å². The highest BCUT2D eigenvalue weighted by Crippen LogP contribution is 2.11. The van der Waals surface area contributed by atoms with Crippen molar-refractivity contribution in [3.8, 4) is 0 Å². The van der Waals surface area contributed by atoms with Crippen LogP contribution in [-0.4, -0.2) is 22.4 Å². The molecule has 2 atom stereocenters. The van der Waals surface area contributed by atoms with Gasteiger partial charge in [0.15, 0.2) is 0 Å². The molecular weight excluding hydrogens is 176 g/mol. The highest BCUT2D eigenvalue weighted by Gasteiger charge is 2.10. The normalized spacial score (nSPS) is 15.4. The second kappa shape index (κ2) is 9.47. The number of hydrogen-bond donors (Lipinski definition) is 2. The summed E-state index contributed by atoms with van der Waals surface area (Å²) in [7, 11) is 0. The zero-order valence-electron chi connectivity index (χ0n) is 9.71. The topological polar surface area (TPSA) is 40.5 Å². The molecule has 0 aliphatic carbocycles. The van der Waals surface area contributed by atoms with Gasteiger partial charge in [-0.25, -0.2) is 0 Å². The second-order valence-corrected chi connectivity index (χ2v) is 4.18. The fourth-order valence-electron chi connectivity index (χ4n) is 1.69. The maximum absolute atomic E-state index is 9.59. The van der Waals surface area contributed by atoms with E-state index in [0.717, 1.165) is 25.7 Å². The molecule has 2 unspecified atom stereocenters. The Bertz CT molecular complexity index is 115. The van der Waals surface area contributed by atoms with Gasteiger partial charge < -0.3 is 10.2 Å². The Kier molecular flexibility index (Phi) is 9.42. The summed E-state index contributed by atoms with van der Waals surface area (Å²) in [5, 5.41) is 19.0. The van der Waals surface area contributed by atoms with Crippen LogP contribution in [0.15, 0.2) is 0 Å². The van der Waals surface area contributed by atoms with E-state index in [9.17, 15) is 10.2 Å². The van der Waals surface area contributed by atoms with Gasteiger partial charge in [-0.1, -0.05) is 46.0 Å². The van der Waals surface area contributed by atoms with Gasteiger partial charge in [0.1, 0.15) is 0 Å². The molecule has 0 saturated carbocycles. The molecule has 0 fully saturated rings. The summed E-state index contributed by atoms with van der Waals surface area (Å²) in [5.41, 5.74) is 0. The van der Waals surface area contributed by atoms with Crippen LogP contribution in [0.4, 0.5) is 0 Å². The lowest BCUT2D eigenvalue weighted by Crippen LogP contribution is -2.17. The van der Waals surface area contributed by atoms with Gasteiger partial charge in [-0.3, -0.25) is 0 Å². The molecular formula is C12H26O2. The predicted molar refractivity (Wildman–Crippen MR) is 60.3 cm³/mol. The van der Waals surface area contributed by atoms with Crippen molar-refractivity contribution >= 4 is 0 Å². The summed E-state index contributed by atoms with van der Waals surface area (Å²) >= 11 is 0. The standard InChI is InChI=1S/C12H26O2/c1-3-5-6-7-9-12(14)10-11(13)8-4-2/h11-14H,3-10H2,1-2H3. The van der Waals surface area contributed by atoms with E-state index in [2.05, 4.69) is 13.8 Å². The SMILES string of the molecule is CCCCCCC(O)CC(O)CCC. The summed E-state index contributed by atoms with van der Waals surface area (Å²) in [6.07, 6.45) is 7.38. The monoisotopic (exact) mass is 202 g/mol. The molecule has 2 heteroatoms. The maximum atomic E-state index is 9.59. The van der Waals surface area contributed by atoms with Crippen molar-refractivity contribution < 1.29 is 10.2 Å². The Morgan fingerprint density at radius 3 is 2.00 bits per heavy atom. The molecule has 2 nitrogen and oxygen atoms in total. The molecule has 14 heavy (non-hydrogen) atoms. The van der Waals surface area contributed by atoms with Crippen molar-refractivity contribution in [3.05, 3.63) is 0 Å². The number of rotatable bonds is 9. The molecule has 0 saturated heterocycles. The lowest BCUT2D eigenvalue weighted by atomic mass is 10.0. The first-order valence-electron chi connectivity index (χ1n) is 6.06. The number of aliphatic hydroxyl groups is 2. The van der Waals surface area contributed by atoms with Crippen molar-refractivity contribution in [1.29, 1.82) is 0 Å². The van der Waals surface area contributed by atoms with E-state index in [4.69, 9.17) is 0 Å². The Balaban J connectivity index is 3.30. The van der Waals surface area contributed by atoms with Gasteiger partial charge in [0.2, 0.25) is 0 Å². The fourth-order valence-corrected chi connectivity index (χ4v) is 1.69. The van der Waals surface area contributed by atoms with Gasteiger partial charge in [-0.2, -0.15) is 0 Å². The minimum absolute atomic E-state index is 0.298. The van der Waals surface area contributed by atoms with Gasteiger partial charge in [-0.05, 0) is 19.3 Å². The molecule has 0 aromatic carbocycles. The molecule has 2 N–H and O–H groups in total. The molecule has 0 bridgehead atoms. The van der Waals surface area contributed by atoms with Crippen molar-refractivity contribution in [2.75, 3.05) is 0 Å². The van der Waals surface area contributed by atoms with Crippen molar-refractivity contribution in [1.82, 2.24) is 0 Å². The second-order valence-electron chi connectivity index (χ2n) is 4.18. The molecule has 0 heterocycles. The van der Waals surface area contributed by atoms with E-state index >= 15 is 0 Å². The van der Waals surface area contributed by atoms with Crippen LogP contribution < -0.4 is 0 Å².